The Morgan fingerprint density at radius 1 is 1.09 bits per heavy atom. The van der Waals surface area contributed by atoms with E-state index in [2.05, 4.69) is 39.0 Å². The van der Waals surface area contributed by atoms with Crippen LogP contribution in [0.2, 0.25) is 0 Å². The van der Waals surface area contributed by atoms with Crippen LogP contribution in [0.5, 0.6) is 0 Å². The third-order valence-electron chi connectivity index (χ3n) is 3.34. The molecule has 0 radical (unpaired) electrons. The SMILES string of the molecule is Cc1cc(SCc2nc(N)nc(N(C)C)n2)nc2ccccc12. The van der Waals surface area contributed by atoms with Gasteiger partial charge in [-0.15, -0.1) is 0 Å². The second-order valence-electron chi connectivity index (χ2n) is 5.39. The zero-order valence-electron chi connectivity index (χ0n) is 13.3. The molecule has 0 bridgehead atoms. The average molecular weight is 326 g/mol. The van der Waals surface area contributed by atoms with Gasteiger partial charge in [0.2, 0.25) is 11.9 Å². The minimum Gasteiger partial charge on any atom is -0.368 e. The van der Waals surface area contributed by atoms with E-state index in [0.717, 1.165) is 10.5 Å². The number of pyridine rings is 1. The maximum absolute atomic E-state index is 5.75. The molecule has 0 saturated heterocycles. The standard InChI is InChI=1S/C16H18N6S/c1-10-8-14(18-12-7-5-4-6-11(10)12)23-9-13-19-15(17)21-16(20-13)22(2)3/h4-8H,9H2,1-3H3,(H2,17,19,20,21). The van der Waals surface area contributed by atoms with Crippen LogP contribution in [0.1, 0.15) is 11.4 Å². The molecule has 2 aromatic heterocycles. The molecular formula is C16H18N6S. The summed E-state index contributed by atoms with van der Waals surface area (Å²) in [4.78, 5) is 19.2. The number of hydrogen-bond acceptors (Lipinski definition) is 7. The molecule has 23 heavy (non-hydrogen) atoms. The van der Waals surface area contributed by atoms with Crippen molar-refractivity contribution in [3.05, 3.63) is 41.7 Å². The van der Waals surface area contributed by atoms with Gasteiger partial charge in [-0.3, -0.25) is 0 Å². The van der Waals surface area contributed by atoms with E-state index in [1.807, 2.05) is 37.2 Å². The van der Waals surface area contributed by atoms with Crippen LogP contribution in [0, 0.1) is 6.92 Å². The number of hydrogen-bond donors (Lipinski definition) is 1. The van der Waals surface area contributed by atoms with Gasteiger partial charge in [0.05, 0.1) is 16.3 Å². The average Bonchev–Trinajstić information content (AvgIpc) is 2.52. The first-order chi connectivity index (χ1) is 11.0. The lowest BCUT2D eigenvalue weighted by Crippen LogP contribution is -2.15. The Labute approximate surface area is 139 Å². The normalized spacial score (nSPS) is 10.9. The molecule has 0 aliphatic carbocycles. The predicted molar refractivity (Wildman–Crippen MR) is 94.6 cm³/mol. The van der Waals surface area contributed by atoms with E-state index >= 15 is 0 Å². The van der Waals surface area contributed by atoms with Crippen LogP contribution in [0.4, 0.5) is 11.9 Å². The van der Waals surface area contributed by atoms with Crippen LogP contribution in [0.15, 0.2) is 35.4 Å². The fourth-order valence-corrected chi connectivity index (χ4v) is 3.05. The number of nitrogens with two attached hydrogens (primary N) is 1. The van der Waals surface area contributed by atoms with Crippen LogP contribution >= 0.6 is 11.8 Å². The van der Waals surface area contributed by atoms with Crippen LogP contribution in [-0.4, -0.2) is 34.0 Å². The molecule has 0 saturated carbocycles. The summed E-state index contributed by atoms with van der Waals surface area (Å²) in [6, 6.07) is 10.2. The van der Waals surface area contributed by atoms with Gasteiger partial charge in [-0.05, 0) is 24.6 Å². The number of anilines is 2. The van der Waals surface area contributed by atoms with Gasteiger partial charge in [0.1, 0.15) is 5.82 Å². The van der Waals surface area contributed by atoms with Crippen LogP contribution in [0.25, 0.3) is 10.9 Å². The van der Waals surface area contributed by atoms with E-state index < -0.39 is 0 Å². The van der Waals surface area contributed by atoms with Gasteiger partial charge in [-0.1, -0.05) is 30.0 Å². The van der Waals surface area contributed by atoms with Gasteiger partial charge in [-0.25, -0.2) is 4.98 Å². The molecule has 6 nitrogen and oxygen atoms in total. The monoisotopic (exact) mass is 326 g/mol. The number of aryl methyl sites for hydroxylation is 1. The minimum absolute atomic E-state index is 0.238. The number of benzene rings is 1. The van der Waals surface area contributed by atoms with Crippen molar-refractivity contribution in [3.63, 3.8) is 0 Å². The second kappa shape index (κ2) is 6.37. The van der Waals surface area contributed by atoms with Crippen molar-refractivity contribution >= 4 is 34.6 Å². The molecule has 2 N–H and O–H groups in total. The maximum Gasteiger partial charge on any atom is 0.229 e. The first-order valence-corrected chi connectivity index (χ1v) is 8.18. The molecule has 3 rings (SSSR count). The van der Waals surface area contributed by atoms with Crippen molar-refractivity contribution < 1.29 is 0 Å². The van der Waals surface area contributed by atoms with E-state index in [0.29, 0.717) is 17.5 Å². The number of nitrogen functional groups attached to an aromatic ring is 1. The summed E-state index contributed by atoms with van der Waals surface area (Å²) in [5.74, 6) is 2.05. The molecule has 0 spiro atoms. The molecule has 2 heterocycles. The van der Waals surface area contributed by atoms with Crippen molar-refractivity contribution in [1.29, 1.82) is 0 Å². The number of fused-ring (bicyclic) bond motifs is 1. The van der Waals surface area contributed by atoms with Crippen molar-refractivity contribution in [2.24, 2.45) is 0 Å². The molecule has 0 atom stereocenters. The zero-order chi connectivity index (χ0) is 16.4. The quantitative estimate of drug-likeness (QED) is 0.738. The number of nitrogens with zero attached hydrogens (tertiary/aromatic N) is 5. The highest BCUT2D eigenvalue weighted by Crippen LogP contribution is 2.25. The number of rotatable bonds is 4. The van der Waals surface area contributed by atoms with E-state index in [-0.39, 0.29) is 5.95 Å². The zero-order valence-corrected chi connectivity index (χ0v) is 14.1. The fourth-order valence-electron chi connectivity index (χ4n) is 2.22. The molecule has 3 aromatic rings. The molecule has 0 amide bonds. The summed E-state index contributed by atoms with van der Waals surface area (Å²) >= 11 is 1.59. The lowest BCUT2D eigenvalue weighted by Gasteiger charge is -2.11. The third-order valence-corrected chi connectivity index (χ3v) is 4.24. The first kappa shape index (κ1) is 15.5. The van der Waals surface area contributed by atoms with Gasteiger partial charge < -0.3 is 10.6 Å². The van der Waals surface area contributed by atoms with Crippen LogP contribution < -0.4 is 10.6 Å². The van der Waals surface area contributed by atoms with Crippen molar-refractivity contribution in [2.75, 3.05) is 24.7 Å². The third kappa shape index (κ3) is 3.50. The van der Waals surface area contributed by atoms with Crippen LogP contribution in [-0.2, 0) is 5.75 Å². The summed E-state index contributed by atoms with van der Waals surface area (Å²) in [6.45, 7) is 2.10. The molecular weight excluding hydrogens is 308 g/mol. The molecule has 0 unspecified atom stereocenters. The van der Waals surface area contributed by atoms with E-state index in [4.69, 9.17) is 5.73 Å². The Hall–Kier alpha value is -2.41. The highest BCUT2D eigenvalue weighted by molar-refractivity contribution is 7.98. The van der Waals surface area contributed by atoms with E-state index in [9.17, 15) is 0 Å². The number of thioether (sulfide) groups is 1. The molecule has 118 valence electrons. The summed E-state index contributed by atoms with van der Waals surface area (Å²) < 4.78 is 0. The highest BCUT2D eigenvalue weighted by atomic mass is 32.2. The summed E-state index contributed by atoms with van der Waals surface area (Å²) in [7, 11) is 3.75. The lowest BCUT2D eigenvalue weighted by molar-refractivity contribution is 0.918. The Balaban J connectivity index is 1.83. The van der Waals surface area contributed by atoms with Crippen molar-refractivity contribution in [1.82, 2.24) is 19.9 Å². The number of para-hydroxylation sites is 1. The minimum atomic E-state index is 0.238. The Bertz CT molecular complexity index is 849. The first-order valence-electron chi connectivity index (χ1n) is 7.20. The van der Waals surface area contributed by atoms with E-state index in [1.54, 1.807) is 11.8 Å². The predicted octanol–water partition coefficient (Wildman–Crippen LogP) is 2.67. The van der Waals surface area contributed by atoms with Gasteiger partial charge in [0, 0.05) is 19.5 Å². The Morgan fingerprint density at radius 2 is 1.87 bits per heavy atom. The molecule has 7 heteroatoms. The fraction of sp³-hybridized carbons (Fsp3) is 0.250. The molecule has 1 aromatic carbocycles. The molecule has 0 aliphatic rings. The summed E-state index contributed by atoms with van der Waals surface area (Å²) in [5, 5.41) is 2.13. The second-order valence-corrected chi connectivity index (χ2v) is 6.38. The summed E-state index contributed by atoms with van der Waals surface area (Å²) in [5.41, 5.74) is 7.96. The highest BCUT2D eigenvalue weighted by Gasteiger charge is 2.08. The van der Waals surface area contributed by atoms with Gasteiger partial charge in [0.15, 0.2) is 0 Å². The lowest BCUT2D eigenvalue weighted by atomic mass is 10.1. The van der Waals surface area contributed by atoms with Gasteiger partial charge >= 0.3 is 0 Å². The van der Waals surface area contributed by atoms with Crippen molar-refractivity contribution in [2.45, 2.75) is 17.7 Å². The Morgan fingerprint density at radius 3 is 2.65 bits per heavy atom. The largest absolute Gasteiger partial charge is 0.368 e. The molecule has 0 fully saturated rings. The van der Waals surface area contributed by atoms with E-state index in [1.165, 1.54) is 10.9 Å². The summed E-state index contributed by atoms with van der Waals surface area (Å²) in [6.07, 6.45) is 0. The van der Waals surface area contributed by atoms with Gasteiger partial charge in [0.25, 0.3) is 0 Å². The van der Waals surface area contributed by atoms with Crippen molar-refractivity contribution in [3.8, 4) is 0 Å². The Kier molecular flexibility index (Phi) is 4.29. The molecule has 0 aliphatic heterocycles. The number of aromatic nitrogens is 4. The topological polar surface area (TPSA) is 80.8 Å². The van der Waals surface area contributed by atoms with Gasteiger partial charge in [-0.2, -0.15) is 15.0 Å². The maximum atomic E-state index is 5.75. The van der Waals surface area contributed by atoms with Crippen LogP contribution in [0.3, 0.4) is 0 Å². The smallest absolute Gasteiger partial charge is 0.229 e.